The van der Waals surface area contributed by atoms with Crippen LogP contribution in [0.4, 0.5) is 0 Å². The second-order valence-electron chi connectivity index (χ2n) is 2.24. The number of rotatable bonds is 3. The van der Waals surface area contributed by atoms with Gasteiger partial charge in [0.15, 0.2) is 0 Å². The highest BCUT2D eigenvalue weighted by Gasteiger charge is 1.93. The zero-order chi connectivity index (χ0) is 9.68. The van der Waals surface area contributed by atoms with E-state index in [9.17, 15) is 4.79 Å². The van der Waals surface area contributed by atoms with Crippen molar-refractivity contribution in [2.75, 3.05) is 7.11 Å². The van der Waals surface area contributed by atoms with Crippen LogP contribution in [0, 0.1) is 0 Å². The summed E-state index contributed by atoms with van der Waals surface area (Å²) in [6.45, 7) is 0. The van der Waals surface area contributed by atoms with Crippen LogP contribution in [0.5, 0.6) is 6.01 Å². The molecule has 0 unspecified atom stereocenters. The topological polar surface area (TPSA) is 78.1 Å². The van der Waals surface area contributed by atoms with Gasteiger partial charge in [-0.25, -0.2) is 9.97 Å². The maximum Gasteiger partial charge on any atom is 0.316 e. The van der Waals surface area contributed by atoms with Gasteiger partial charge in [0.05, 0.1) is 7.11 Å². The molecule has 1 rings (SSSR count). The van der Waals surface area contributed by atoms with Crippen LogP contribution in [0.25, 0.3) is 6.08 Å². The summed E-state index contributed by atoms with van der Waals surface area (Å²) < 4.78 is 4.76. The SMILES string of the molecule is COc1ncc(C=CC(N)=O)cn1. The average molecular weight is 179 g/mol. The maximum atomic E-state index is 10.4. The lowest BCUT2D eigenvalue weighted by Gasteiger charge is -1.95. The Kier molecular flexibility index (Phi) is 2.97. The fourth-order valence-corrected chi connectivity index (χ4v) is 0.696. The Morgan fingerprint density at radius 3 is 2.62 bits per heavy atom. The molecule has 68 valence electrons. The van der Waals surface area contributed by atoms with Gasteiger partial charge in [0.2, 0.25) is 5.91 Å². The number of amides is 1. The van der Waals surface area contributed by atoms with Crippen LogP contribution in [0.1, 0.15) is 5.56 Å². The van der Waals surface area contributed by atoms with Crippen LogP contribution in [0.15, 0.2) is 18.5 Å². The quantitative estimate of drug-likeness (QED) is 0.661. The fraction of sp³-hybridized carbons (Fsp3) is 0.125. The Hall–Kier alpha value is -1.91. The summed E-state index contributed by atoms with van der Waals surface area (Å²) in [7, 11) is 1.48. The average Bonchev–Trinajstić information content (AvgIpc) is 2.15. The third kappa shape index (κ3) is 2.90. The van der Waals surface area contributed by atoms with Gasteiger partial charge in [0.25, 0.3) is 0 Å². The molecule has 0 aromatic carbocycles. The normalized spacial score (nSPS) is 10.2. The first-order valence-corrected chi connectivity index (χ1v) is 3.56. The lowest BCUT2D eigenvalue weighted by atomic mass is 10.3. The number of hydrogen-bond acceptors (Lipinski definition) is 4. The van der Waals surface area contributed by atoms with Crippen molar-refractivity contribution in [2.24, 2.45) is 5.73 Å². The van der Waals surface area contributed by atoms with Gasteiger partial charge in [-0.2, -0.15) is 0 Å². The van der Waals surface area contributed by atoms with Crippen molar-refractivity contribution in [3.8, 4) is 6.01 Å². The molecule has 0 atom stereocenters. The first kappa shape index (κ1) is 9.18. The van der Waals surface area contributed by atoms with Gasteiger partial charge in [0, 0.05) is 24.0 Å². The summed E-state index contributed by atoms with van der Waals surface area (Å²) in [5.74, 6) is -0.504. The van der Waals surface area contributed by atoms with E-state index in [-0.39, 0.29) is 6.01 Å². The molecule has 0 aliphatic carbocycles. The number of ether oxygens (including phenoxy) is 1. The zero-order valence-electron chi connectivity index (χ0n) is 7.10. The summed E-state index contributed by atoms with van der Waals surface area (Å²) in [5.41, 5.74) is 5.60. The molecule has 1 amide bonds. The molecule has 0 spiro atoms. The molecule has 5 nitrogen and oxygen atoms in total. The molecule has 2 N–H and O–H groups in total. The monoisotopic (exact) mass is 179 g/mol. The molecular weight excluding hydrogens is 170 g/mol. The van der Waals surface area contributed by atoms with E-state index < -0.39 is 5.91 Å². The molecule has 0 radical (unpaired) electrons. The van der Waals surface area contributed by atoms with Gasteiger partial charge in [-0.3, -0.25) is 4.79 Å². The van der Waals surface area contributed by atoms with E-state index in [1.54, 1.807) is 0 Å². The van der Waals surface area contributed by atoms with E-state index in [1.165, 1.54) is 31.7 Å². The van der Waals surface area contributed by atoms with Crippen molar-refractivity contribution in [2.45, 2.75) is 0 Å². The van der Waals surface area contributed by atoms with E-state index in [1.807, 2.05) is 0 Å². The second-order valence-corrected chi connectivity index (χ2v) is 2.24. The van der Waals surface area contributed by atoms with Crippen molar-refractivity contribution >= 4 is 12.0 Å². The molecule has 1 aromatic rings. The standard InChI is InChI=1S/C8H9N3O2/c1-13-8-10-4-6(5-11-8)2-3-7(9)12/h2-5H,1H3,(H2,9,12). The second kappa shape index (κ2) is 4.20. The van der Waals surface area contributed by atoms with Crippen LogP contribution in [-0.2, 0) is 4.79 Å². The number of primary amides is 1. The van der Waals surface area contributed by atoms with Crippen molar-refractivity contribution in [3.63, 3.8) is 0 Å². The minimum Gasteiger partial charge on any atom is -0.467 e. The fourth-order valence-electron chi connectivity index (χ4n) is 0.696. The number of nitrogens with two attached hydrogens (primary N) is 1. The third-order valence-corrected chi connectivity index (χ3v) is 1.27. The number of nitrogens with zero attached hydrogens (tertiary/aromatic N) is 2. The zero-order valence-corrected chi connectivity index (χ0v) is 7.10. The smallest absolute Gasteiger partial charge is 0.316 e. The Morgan fingerprint density at radius 1 is 1.54 bits per heavy atom. The number of aromatic nitrogens is 2. The van der Waals surface area contributed by atoms with Crippen LogP contribution >= 0.6 is 0 Å². The van der Waals surface area contributed by atoms with E-state index in [0.717, 1.165) is 0 Å². The van der Waals surface area contributed by atoms with Gasteiger partial charge in [0.1, 0.15) is 0 Å². The Balaban J connectivity index is 2.75. The lowest BCUT2D eigenvalue weighted by molar-refractivity contribution is -0.113. The van der Waals surface area contributed by atoms with Gasteiger partial charge >= 0.3 is 6.01 Å². The summed E-state index contributed by atoms with van der Waals surface area (Å²) in [6, 6.07) is 0.288. The maximum absolute atomic E-state index is 10.4. The number of carbonyl (C=O) groups excluding carboxylic acids is 1. The Morgan fingerprint density at radius 2 is 2.15 bits per heavy atom. The summed E-state index contributed by atoms with van der Waals surface area (Å²) >= 11 is 0. The largest absolute Gasteiger partial charge is 0.467 e. The van der Waals surface area contributed by atoms with Gasteiger partial charge in [-0.15, -0.1) is 0 Å². The minimum atomic E-state index is -0.504. The summed E-state index contributed by atoms with van der Waals surface area (Å²) in [4.78, 5) is 18.0. The summed E-state index contributed by atoms with van der Waals surface area (Å²) in [6.07, 6.45) is 5.84. The first-order valence-electron chi connectivity index (χ1n) is 3.56. The number of carbonyl (C=O) groups is 1. The highest BCUT2D eigenvalue weighted by molar-refractivity contribution is 5.90. The molecule has 0 saturated heterocycles. The highest BCUT2D eigenvalue weighted by atomic mass is 16.5. The van der Waals surface area contributed by atoms with Crippen LogP contribution in [0.2, 0.25) is 0 Å². The predicted octanol–water partition coefficient (Wildman–Crippen LogP) is -0.0163. The number of methoxy groups -OCH3 is 1. The molecular formula is C8H9N3O2. The predicted molar refractivity (Wildman–Crippen MR) is 46.8 cm³/mol. The molecule has 5 heteroatoms. The summed E-state index contributed by atoms with van der Waals surface area (Å²) in [5, 5.41) is 0. The van der Waals surface area contributed by atoms with Gasteiger partial charge in [-0.05, 0) is 6.08 Å². The Labute approximate surface area is 75.3 Å². The molecule has 0 fully saturated rings. The van der Waals surface area contributed by atoms with E-state index in [4.69, 9.17) is 10.5 Å². The molecule has 1 heterocycles. The molecule has 0 aliphatic rings. The number of hydrogen-bond donors (Lipinski definition) is 1. The Bertz CT molecular complexity index is 319. The van der Waals surface area contributed by atoms with Crippen molar-refractivity contribution < 1.29 is 9.53 Å². The van der Waals surface area contributed by atoms with Gasteiger partial charge < -0.3 is 10.5 Å². The third-order valence-electron chi connectivity index (χ3n) is 1.27. The lowest BCUT2D eigenvalue weighted by Crippen LogP contribution is -2.05. The van der Waals surface area contributed by atoms with E-state index >= 15 is 0 Å². The first-order chi connectivity index (χ1) is 6.22. The van der Waals surface area contributed by atoms with Crippen LogP contribution < -0.4 is 10.5 Å². The highest BCUT2D eigenvalue weighted by Crippen LogP contribution is 2.02. The molecule has 0 saturated carbocycles. The molecule has 13 heavy (non-hydrogen) atoms. The van der Waals surface area contributed by atoms with Crippen LogP contribution in [-0.4, -0.2) is 23.0 Å². The van der Waals surface area contributed by atoms with Crippen molar-refractivity contribution in [1.82, 2.24) is 9.97 Å². The molecule has 0 bridgehead atoms. The van der Waals surface area contributed by atoms with E-state index in [2.05, 4.69) is 9.97 Å². The minimum absolute atomic E-state index is 0.288. The molecule has 0 aliphatic heterocycles. The molecule has 1 aromatic heterocycles. The van der Waals surface area contributed by atoms with Gasteiger partial charge in [-0.1, -0.05) is 0 Å². The van der Waals surface area contributed by atoms with E-state index in [0.29, 0.717) is 5.56 Å². The van der Waals surface area contributed by atoms with Crippen molar-refractivity contribution in [1.29, 1.82) is 0 Å². The van der Waals surface area contributed by atoms with Crippen molar-refractivity contribution in [3.05, 3.63) is 24.0 Å². The van der Waals surface area contributed by atoms with Crippen LogP contribution in [0.3, 0.4) is 0 Å².